The number of alkyl carbamates (subject to hydrolysis) is 1. The number of aliphatic hydroxyl groups is 1. The number of H-pyrrole nitrogens is 1. The summed E-state index contributed by atoms with van der Waals surface area (Å²) >= 11 is 0. The van der Waals surface area contributed by atoms with Gasteiger partial charge in [-0.15, -0.1) is 5.10 Å². The van der Waals surface area contributed by atoms with Gasteiger partial charge in [0.15, 0.2) is 0 Å². The Balaban J connectivity index is 1.79. The number of rotatable bonds is 5. The summed E-state index contributed by atoms with van der Waals surface area (Å²) < 4.78 is 20.4. The fourth-order valence-electron chi connectivity index (χ4n) is 2.67. The number of hydrogen-bond acceptors (Lipinski definition) is 5. The van der Waals surface area contributed by atoms with Gasteiger partial charge in [-0.05, 0) is 50.0 Å². The van der Waals surface area contributed by atoms with E-state index < -0.39 is 23.6 Å². The summed E-state index contributed by atoms with van der Waals surface area (Å²) in [7, 11) is 0. The third kappa shape index (κ3) is 5.39. The van der Waals surface area contributed by atoms with Crippen LogP contribution in [0.3, 0.4) is 0 Å². The fourth-order valence-corrected chi connectivity index (χ4v) is 2.67. The Morgan fingerprint density at radius 3 is 2.77 bits per heavy atom. The Morgan fingerprint density at radius 1 is 1.35 bits per heavy atom. The van der Waals surface area contributed by atoms with Gasteiger partial charge in [-0.3, -0.25) is 10.7 Å². The van der Waals surface area contributed by atoms with Crippen molar-refractivity contribution in [2.75, 3.05) is 0 Å². The molecule has 0 aliphatic heterocycles. The molecular formula is C20H23FN7O3+. The van der Waals surface area contributed by atoms with Crippen molar-refractivity contribution in [2.24, 2.45) is 4.99 Å². The van der Waals surface area contributed by atoms with Gasteiger partial charge in [-0.1, -0.05) is 17.3 Å². The molecule has 0 bridgehead atoms. The maximum atomic E-state index is 14.0. The maximum Gasteiger partial charge on any atom is 0.415 e. The van der Waals surface area contributed by atoms with E-state index in [0.29, 0.717) is 11.4 Å². The highest BCUT2D eigenvalue weighted by molar-refractivity contribution is 6.07. The molecule has 2 aromatic heterocycles. The number of nitrogens with two attached hydrogens (primary N) is 1. The summed E-state index contributed by atoms with van der Waals surface area (Å²) in [6.45, 7) is 5.20. The van der Waals surface area contributed by atoms with Crippen molar-refractivity contribution in [3.05, 3.63) is 65.5 Å². The first-order valence-electron chi connectivity index (χ1n) is 9.33. The molecule has 0 saturated heterocycles. The first-order chi connectivity index (χ1) is 14.7. The van der Waals surface area contributed by atoms with Crippen molar-refractivity contribution in [3.63, 3.8) is 0 Å². The van der Waals surface area contributed by atoms with Gasteiger partial charge in [-0.2, -0.15) is 0 Å². The Kier molecular flexibility index (Phi) is 6.25. The molecular weight excluding hydrogens is 405 g/mol. The maximum absolute atomic E-state index is 14.0. The molecule has 10 nitrogen and oxygen atoms in total. The third-order valence-electron chi connectivity index (χ3n) is 3.97. The molecule has 11 heteroatoms. The Hall–Kier alpha value is -3.86. The SMILES string of the molecule is CC(C)(C)OC(=O)NC(=NC=[NH2+])c1ccc(C(O)c2cn(-c3ccccc3F)nn2)[nH]1. The van der Waals surface area contributed by atoms with Gasteiger partial charge in [-0.25, -0.2) is 13.9 Å². The molecule has 1 aromatic carbocycles. The summed E-state index contributed by atoms with van der Waals surface area (Å²) in [5.74, 6) is -0.368. The van der Waals surface area contributed by atoms with Gasteiger partial charge in [0.2, 0.25) is 0 Å². The average molecular weight is 428 g/mol. The molecule has 0 spiro atoms. The van der Waals surface area contributed by atoms with Crippen LogP contribution >= 0.6 is 0 Å². The molecule has 3 aromatic rings. The predicted molar refractivity (Wildman–Crippen MR) is 110 cm³/mol. The van der Waals surface area contributed by atoms with Crippen LogP contribution in [0.1, 0.15) is 44.0 Å². The van der Waals surface area contributed by atoms with Crippen LogP contribution in [0.4, 0.5) is 9.18 Å². The Labute approximate surface area is 177 Å². The zero-order chi connectivity index (χ0) is 22.6. The van der Waals surface area contributed by atoms with Crippen molar-refractivity contribution in [2.45, 2.75) is 32.5 Å². The van der Waals surface area contributed by atoms with Crippen LogP contribution in [0.2, 0.25) is 0 Å². The number of amides is 1. The van der Waals surface area contributed by atoms with E-state index in [1.54, 1.807) is 51.1 Å². The topological polar surface area (TPSA) is 143 Å². The number of hydrogen-bond donors (Lipinski definition) is 4. The number of aromatic amines is 1. The van der Waals surface area contributed by atoms with Crippen LogP contribution in [0.25, 0.3) is 5.69 Å². The fraction of sp³-hybridized carbons (Fsp3) is 0.250. The molecule has 3 rings (SSSR count). The number of para-hydroxylation sites is 1. The largest absolute Gasteiger partial charge is 0.444 e. The number of benzene rings is 1. The second kappa shape index (κ2) is 8.88. The molecule has 0 aliphatic rings. The number of aromatic nitrogens is 4. The summed E-state index contributed by atoms with van der Waals surface area (Å²) in [6.07, 6.45) is 0.547. The quantitative estimate of drug-likeness (QED) is 0.352. The summed E-state index contributed by atoms with van der Waals surface area (Å²) in [5, 5.41) is 26.3. The number of halogens is 1. The van der Waals surface area contributed by atoms with Crippen LogP contribution in [-0.4, -0.2) is 49.0 Å². The molecule has 0 aliphatic carbocycles. The number of aliphatic imine (C=N–C) groups is 1. The molecule has 162 valence electrons. The van der Waals surface area contributed by atoms with Crippen molar-refractivity contribution >= 4 is 18.3 Å². The van der Waals surface area contributed by atoms with Gasteiger partial charge in [0, 0.05) is 0 Å². The minimum atomic E-state index is -1.18. The molecule has 31 heavy (non-hydrogen) atoms. The Bertz CT molecular complexity index is 1110. The first-order valence-corrected chi connectivity index (χ1v) is 9.33. The molecule has 1 amide bonds. The van der Waals surface area contributed by atoms with E-state index in [4.69, 9.17) is 10.1 Å². The number of amidine groups is 1. The lowest BCUT2D eigenvalue weighted by Crippen LogP contribution is -2.38. The van der Waals surface area contributed by atoms with E-state index in [1.807, 2.05) is 0 Å². The van der Waals surface area contributed by atoms with E-state index in [9.17, 15) is 14.3 Å². The van der Waals surface area contributed by atoms with Gasteiger partial charge in [0.05, 0.1) is 11.9 Å². The van der Waals surface area contributed by atoms with Crippen LogP contribution < -0.4 is 10.7 Å². The molecule has 5 N–H and O–H groups in total. The highest BCUT2D eigenvalue weighted by atomic mass is 19.1. The third-order valence-corrected chi connectivity index (χ3v) is 3.97. The van der Waals surface area contributed by atoms with Gasteiger partial charge in [0.25, 0.3) is 12.2 Å². The number of nitrogens with one attached hydrogen (secondary N) is 2. The van der Waals surface area contributed by atoms with Gasteiger partial charge < -0.3 is 14.8 Å². The number of carbonyl (C=O) groups is 1. The van der Waals surface area contributed by atoms with Crippen molar-refractivity contribution < 1.29 is 24.4 Å². The summed E-state index contributed by atoms with van der Waals surface area (Å²) in [4.78, 5) is 18.9. The lowest BCUT2D eigenvalue weighted by Gasteiger charge is -2.19. The molecule has 1 unspecified atom stereocenters. The zero-order valence-electron chi connectivity index (χ0n) is 17.2. The molecule has 0 fully saturated rings. The molecule has 0 saturated carbocycles. The lowest BCUT2D eigenvalue weighted by molar-refractivity contribution is -0.106. The number of ether oxygens (including phenoxy) is 1. The average Bonchev–Trinajstić information content (AvgIpc) is 3.36. The lowest BCUT2D eigenvalue weighted by atomic mass is 10.2. The predicted octanol–water partition coefficient (Wildman–Crippen LogP) is 0.875. The monoisotopic (exact) mass is 428 g/mol. The van der Waals surface area contributed by atoms with Crippen molar-refractivity contribution in [3.8, 4) is 5.69 Å². The van der Waals surface area contributed by atoms with Crippen LogP contribution in [-0.2, 0) is 4.74 Å². The highest BCUT2D eigenvalue weighted by Crippen LogP contribution is 2.21. The van der Waals surface area contributed by atoms with Gasteiger partial charge in [0.1, 0.15) is 34.6 Å². The van der Waals surface area contributed by atoms with Crippen molar-refractivity contribution in [1.82, 2.24) is 25.3 Å². The molecule has 1 atom stereocenters. The first kappa shape index (κ1) is 21.8. The molecule has 0 radical (unpaired) electrons. The van der Waals surface area contributed by atoms with E-state index >= 15 is 0 Å². The highest BCUT2D eigenvalue weighted by Gasteiger charge is 2.23. The number of nitrogens with zero attached hydrogens (tertiary/aromatic N) is 4. The standard InChI is InChI=1S/C20H22FN7O3/c1-20(2,3)31-19(30)25-18(23-11-22)14-9-8-13(24-14)17(29)15-10-28(27-26-15)16-7-5-4-6-12(16)21/h4-11,17,24,29H,1-3H3,(H2,22,23,25,30)/p+1. The van der Waals surface area contributed by atoms with Crippen LogP contribution in [0, 0.1) is 5.82 Å². The number of aliphatic hydroxyl groups excluding tert-OH is 1. The van der Waals surface area contributed by atoms with Crippen molar-refractivity contribution in [1.29, 1.82) is 0 Å². The smallest absolute Gasteiger partial charge is 0.415 e. The number of carbonyl (C=O) groups excluding carboxylic acids is 1. The van der Waals surface area contributed by atoms with E-state index in [0.717, 1.165) is 6.34 Å². The van der Waals surface area contributed by atoms with E-state index in [2.05, 4.69) is 25.6 Å². The van der Waals surface area contributed by atoms with E-state index in [1.165, 1.54) is 16.9 Å². The van der Waals surface area contributed by atoms with Gasteiger partial charge >= 0.3 is 6.09 Å². The van der Waals surface area contributed by atoms with Crippen LogP contribution in [0.5, 0.6) is 0 Å². The second-order valence-electron chi connectivity index (χ2n) is 7.52. The summed E-state index contributed by atoms with van der Waals surface area (Å²) in [5.41, 5.74) is 0.438. The second-order valence-corrected chi connectivity index (χ2v) is 7.52. The molecule has 2 heterocycles. The zero-order valence-corrected chi connectivity index (χ0v) is 17.2. The normalized spacial score (nSPS) is 13.0. The van der Waals surface area contributed by atoms with E-state index in [-0.39, 0.29) is 17.2 Å². The summed E-state index contributed by atoms with van der Waals surface area (Å²) in [6, 6.07) is 9.26. The minimum Gasteiger partial charge on any atom is -0.444 e. The Morgan fingerprint density at radius 2 is 2.10 bits per heavy atom. The van der Waals surface area contributed by atoms with Crippen LogP contribution in [0.15, 0.2) is 47.6 Å². The minimum absolute atomic E-state index is 0.102.